The van der Waals surface area contributed by atoms with Crippen molar-refractivity contribution in [2.24, 2.45) is 5.92 Å². The maximum absolute atomic E-state index is 11.4. The van der Waals surface area contributed by atoms with Crippen molar-refractivity contribution < 1.29 is 19.1 Å². The third-order valence-electron chi connectivity index (χ3n) is 1.71. The van der Waals surface area contributed by atoms with Gasteiger partial charge in [-0.3, -0.25) is 9.59 Å². The molecular formula is C11H18O4. The van der Waals surface area contributed by atoms with Crippen molar-refractivity contribution >= 4 is 11.9 Å². The average Bonchev–Trinajstić information content (AvgIpc) is 2.22. The van der Waals surface area contributed by atoms with Gasteiger partial charge in [0.2, 0.25) is 0 Å². The molecule has 1 atom stereocenters. The first kappa shape index (κ1) is 13.7. The van der Waals surface area contributed by atoms with E-state index >= 15 is 0 Å². The summed E-state index contributed by atoms with van der Waals surface area (Å²) in [6, 6.07) is 0. The lowest BCUT2D eigenvalue weighted by Crippen LogP contribution is -2.27. The fourth-order valence-electron chi connectivity index (χ4n) is 1.00. The van der Waals surface area contributed by atoms with Gasteiger partial charge in [0.1, 0.15) is 0 Å². The summed E-state index contributed by atoms with van der Waals surface area (Å²) in [4.78, 5) is 22.8. The van der Waals surface area contributed by atoms with Gasteiger partial charge in [0.05, 0.1) is 13.2 Å². The molecule has 0 heterocycles. The predicted octanol–water partition coefficient (Wildman–Crippen LogP) is 1.70. The fourth-order valence-corrected chi connectivity index (χ4v) is 1.00. The van der Waals surface area contributed by atoms with E-state index < -0.39 is 17.9 Å². The Morgan fingerprint density at radius 1 is 1.27 bits per heavy atom. The normalized spacial score (nSPS) is 11.6. The number of carbonyl (C=O) groups is 2. The Morgan fingerprint density at radius 3 is 2.33 bits per heavy atom. The van der Waals surface area contributed by atoms with Crippen molar-refractivity contribution in [3.63, 3.8) is 0 Å². The molecule has 0 saturated heterocycles. The van der Waals surface area contributed by atoms with E-state index in [0.717, 1.165) is 6.42 Å². The van der Waals surface area contributed by atoms with Crippen LogP contribution in [-0.4, -0.2) is 25.2 Å². The standard InChI is InChI=1S/C11H18O4/c1-4-7-9(10(12)14-6-3)11(13)15-8-5-2/h4,9H,1,5-8H2,2-3H3. The molecule has 4 nitrogen and oxygen atoms in total. The first-order valence-electron chi connectivity index (χ1n) is 5.11. The Kier molecular flexibility index (Phi) is 7.32. The quantitative estimate of drug-likeness (QED) is 0.367. The summed E-state index contributed by atoms with van der Waals surface area (Å²) < 4.78 is 9.66. The highest BCUT2D eigenvalue weighted by Crippen LogP contribution is 2.09. The van der Waals surface area contributed by atoms with E-state index in [1.807, 2.05) is 6.92 Å². The molecule has 0 N–H and O–H groups in total. The van der Waals surface area contributed by atoms with Crippen molar-refractivity contribution in [2.75, 3.05) is 13.2 Å². The van der Waals surface area contributed by atoms with Crippen LogP contribution in [0.5, 0.6) is 0 Å². The van der Waals surface area contributed by atoms with Gasteiger partial charge in [-0.25, -0.2) is 0 Å². The van der Waals surface area contributed by atoms with E-state index in [4.69, 9.17) is 9.47 Å². The minimum atomic E-state index is -0.867. The van der Waals surface area contributed by atoms with Gasteiger partial charge in [0.15, 0.2) is 5.92 Å². The van der Waals surface area contributed by atoms with Crippen molar-refractivity contribution in [1.82, 2.24) is 0 Å². The van der Waals surface area contributed by atoms with Gasteiger partial charge in [-0.2, -0.15) is 0 Å². The zero-order chi connectivity index (χ0) is 11.7. The minimum Gasteiger partial charge on any atom is -0.465 e. The van der Waals surface area contributed by atoms with Crippen LogP contribution in [0.15, 0.2) is 12.7 Å². The number of hydrogen-bond acceptors (Lipinski definition) is 4. The molecule has 0 aromatic carbocycles. The first-order valence-corrected chi connectivity index (χ1v) is 5.11. The van der Waals surface area contributed by atoms with Gasteiger partial charge in [-0.05, 0) is 19.8 Å². The van der Waals surface area contributed by atoms with Crippen LogP contribution in [0, 0.1) is 5.92 Å². The summed E-state index contributed by atoms with van der Waals surface area (Å²) in [6.45, 7) is 7.66. The lowest BCUT2D eigenvalue weighted by Gasteiger charge is -2.12. The molecule has 0 aliphatic rings. The molecule has 0 aliphatic carbocycles. The summed E-state index contributed by atoms with van der Waals surface area (Å²) in [5.74, 6) is -1.94. The molecule has 15 heavy (non-hydrogen) atoms. The molecule has 0 aromatic rings. The monoisotopic (exact) mass is 214 g/mol. The lowest BCUT2D eigenvalue weighted by atomic mass is 10.1. The van der Waals surface area contributed by atoms with Crippen LogP contribution in [0.3, 0.4) is 0 Å². The first-order chi connectivity index (χ1) is 7.17. The van der Waals surface area contributed by atoms with Gasteiger partial charge < -0.3 is 9.47 Å². The highest BCUT2D eigenvalue weighted by molar-refractivity contribution is 5.95. The Balaban J connectivity index is 4.29. The van der Waals surface area contributed by atoms with Crippen LogP contribution in [0.25, 0.3) is 0 Å². The highest BCUT2D eigenvalue weighted by Gasteiger charge is 2.27. The summed E-state index contributed by atoms with van der Waals surface area (Å²) in [5, 5.41) is 0. The topological polar surface area (TPSA) is 52.6 Å². The van der Waals surface area contributed by atoms with Crippen molar-refractivity contribution in [3.05, 3.63) is 12.7 Å². The van der Waals surface area contributed by atoms with Crippen LogP contribution in [0.4, 0.5) is 0 Å². The van der Waals surface area contributed by atoms with Crippen LogP contribution in [0.2, 0.25) is 0 Å². The average molecular weight is 214 g/mol. The molecule has 0 aromatic heterocycles. The lowest BCUT2D eigenvalue weighted by molar-refractivity contribution is -0.161. The Morgan fingerprint density at radius 2 is 1.87 bits per heavy atom. The molecule has 0 spiro atoms. The molecule has 86 valence electrons. The van der Waals surface area contributed by atoms with Crippen LogP contribution in [0.1, 0.15) is 26.7 Å². The predicted molar refractivity (Wildman–Crippen MR) is 56.2 cm³/mol. The number of hydrogen-bond donors (Lipinski definition) is 0. The molecule has 0 radical (unpaired) electrons. The van der Waals surface area contributed by atoms with E-state index in [1.54, 1.807) is 6.92 Å². The van der Waals surface area contributed by atoms with Gasteiger partial charge in [-0.1, -0.05) is 13.0 Å². The number of allylic oxidation sites excluding steroid dienone is 1. The van der Waals surface area contributed by atoms with Gasteiger partial charge >= 0.3 is 11.9 Å². The van der Waals surface area contributed by atoms with E-state index in [2.05, 4.69) is 6.58 Å². The second-order valence-electron chi connectivity index (χ2n) is 3.00. The van der Waals surface area contributed by atoms with Gasteiger partial charge in [-0.15, -0.1) is 6.58 Å². The van der Waals surface area contributed by atoms with Crippen LogP contribution in [-0.2, 0) is 19.1 Å². The number of rotatable bonds is 7. The SMILES string of the molecule is C=CCC(C(=O)OCC)C(=O)OCCC. The van der Waals surface area contributed by atoms with Crippen LogP contribution < -0.4 is 0 Å². The third-order valence-corrected chi connectivity index (χ3v) is 1.71. The van der Waals surface area contributed by atoms with Crippen LogP contribution >= 0.6 is 0 Å². The maximum atomic E-state index is 11.4. The minimum absolute atomic E-state index is 0.251. The van der Waals surface area contributed by atoms with E-state index in [0.29, 0.717) is 6.61 Å². The Hall–Kier alpha value is -1.32. The number of ether oxygens (including phenoxy) is 2. The number of carbonyl (C=O) groups excluding carboxylic acids is 2. The van der Waals surface area contributed by atoms with Gasteiger partial charge in [0, 0.05) is 0 Å². The molecule has 0 amide bonds. The highest BCUT2D eigenvalue weighted by atomic mass is 16.6. The van der Waals surface area contributed by atoms with Crippen molar-refractivity contribution in [3.8, 4) is 0 Å². The fraction of sp³-hybridized carbons (Fsp3) is 0.636. The Bertz CT molecular complexity index is 223. The smallest absolute Gasteiger partial charge is 0.320 e. The zero-order valence-corrected chi connectivity index (χ0v) is 9.32. The van der Waals surface area contributed by atoms with Gasteiger partial charge in [0.25, 0.3) is 0 Å². The maximum Gasteiger partial charge on any atom is 0.320 e. The second-order valence-corrected chi connectivity index (χ2v) is 3.00. The summed E-state index contributed by atoms with van der Waals surface area (Å²) in [6.07, 6.45) is 2.49. The molecule has 0 bridgehead atoms. The summed E-state index contributed by atoms with van der Waals surface area (Å²) >= 11 is 0. The third kappa shape index (κ3) is 5.20. The zero-order valence-electron chi connectivity index (χ0n) is 9.32. The molecule has 0 rings (SSSR count). The van der Waals surface area contributed by atoms with E-state index in [9.17, 15) is 9.59 Å². The molecule has 0 fully saturated rings. The Labute approximate surface area is 90.2 Å². The van der Waals surface area contributed by atoms with Crippen molar-refractivity contribution in [1.29, 1.82) is 0 Å². The molecule has 0 saturated carbocycles. The molecule has 0 aliphatic heterocycles. The van der Waals surface area contributed by atoms with E-state index in [-0.39, 0.29) is 13.0 Å². The molecule has 1 unspecified atom stereocenters. The summed E-state index contributed by atoms with van der Waals surface area (Å²) in [7, 11) is 0. The molecule has 4 heteroatoms. The second kappa shape index (κ2) is 8.03. The van der Waals surface area contributed by atoms with E-state index in [1.165, 1.54) is 6.08 Å². The van der Waals surface area contributed by atoms with Crippen molar-refractivity contribution in [2.45, 2.75) is 26.7 Å². The summed E-state index contributed by atoms with van der Waals surface area (Å²) in [5.41, 5.74) is 0. The number of esters is 2. The largest absolute Gasteiger partial charge is 0.465 e. The molecular weight excluding hydrogens is 196 g/mol.